The number of hydrogen-bond acceptors (Lipinski definition) is 6. The molecule has 0 spiro atoms. The number of rotatable bonds is 6. The van der Waals surface area contributed by atoms with Crippen molar-refractivity contribution in [2.75, 3.05) is 12.4 Å². The van der Waals surface area contributed by atoms with Gasteiger partial charge >= 0.3 is 0 Å². The van der Waals surface area contributed by atoms with Crippen LogP contribution in [0.4, 0.5) is 5.13 Å². The zero-order valence-electron chi connectivity index (χ0n) is 14.3. The van der Waals surface area contributed by atoms with Crippen molar-refractivity contribution in [3.05, 3.63) is 41.4 Å². The second-order valence-electron chi connectivity index (χ2n) is 5.48. The Hall–Kier alpha value is -2.12. The van der Waals surface area contributed by atoms with Crippen LogP contribution in [0.5, 0.6) is 5.75 Å². The summed E-state index contributed by atoms with van der Waals surface area (Å²) in [6, 6.07) is 7.90. The van der Waals surface area contributed by atoms with Gasteiger partial charge in [0.05, 0.1) is 17.4 Å². The molecule has 0 saturated carbocycles. The van der Waals surface area contributed by atoms with Crippen molar-refractivity contribution in [2.45, 2.75) is 30.5 Å². The zero-order chi connectivity index (χ0) is 17.8. The first-order chi connectivity index (χ1) is 12.1. The lowest BCUT2D eigenvalue weighted by Crippen LogP contribution is -2.24. The second kappa shape index (κ2) is 7.84. The Morgan fingerprint density at radius 3 is 2.96 bits per heavy atom. The van der Waals surface area contributed by atoms with E-state index in [0.717, 1.165) is 27.2 Å². The summed E-state index contributed by atoms with van der Waals surface area (Å²) in [5.41, 5.74) is 1.93. The first-order valence-electron chi connectivity index (χ1n) is 7.93. The summed E-state index contributed by atoms with van der Waals surface area (Å²) in [6.07, 6.45) is 2.38. The number of anilines is 1. The third-order valence-electron chi connectivity index (χ3n) is 3.79. The summed E-state index contributed by atoms with van der Waals surface area (Å²) in [5.74, 6) is 0.686. The summed E-state index contributed by atoms with van der Waals surface area (Å²) in [6.45, 7) is 4.04. The van der Waals surface area contributed by atoms with Gasteiger partial charge in [-0.3, -0.25) is 4.79 Å². The minimum absolute atomic E-state index is 0.0537. The van der Waals surface area contributed by atoms with Crippen LogP contribution in [0, 0.1) is 6.92 Å². The van der Waals surface area contributed by atoms with Crippen LogP contribution in [0.25, 0.3) is 10.9 Å². The minimum Gasteiger partial charge on any atom is -0.494 e. The summed E-state index contributed by atoms with van der Waals surface area (Å²) in [4.78, 5) is 21.3. The fraction of sp³-hybridized carbons (Fsp3) is 0.278. The van der Waals surface area contributed by atoms with Gasteiger partial charge in [0.1, 0.15) is 11.3 Å². The second-order valence-corrected chi connectivity index (χ2v) is 7.59. The number of para-hydroxylation sites is 1. The van der Waals surface area contributed by atoms with E-state index < -0.39 is 0 Å². The molecule has 1 atom stereocenters. The summed E-state index contributed by atoms with van der Waals surface area (Å²) in [5, 5.41) is 6.96. The molecule has 0 saturated heterocycles. The number of aromatic nitrogens is 2. The first kappa shape index (κ1) is 17.7. The minimum atomic E-state index is -0.233. The van der Waals surface area contributed by atoms with Gasteiger partial charge in [-0.25, -0.2) is 9.97 Å². The van der Waals surface area contributed by atoms with Crippen LogP contribution < -0.4 is 10.1 Å². The number of pyridine rings is 1. The molecule has 7 heteroatoms. The Bertz CT molecular complexity index is 881. The predicted octanol–water partition coefficient (Wildman–Crippen LogP) is 4.52. The van der Waals surface area contributed by atoms with Gasteiger partial charge in [-0.05, 0) is 31.0 Å². The molecule has 0 fully saturated rings. The van der Waals surface area contributed by atoms with Gasteiger partial charge in [0.25, 0.3) is 0 Å². The highest BCUT2D eigenvalue weighted by atomic mass is 32.2. The molecule has 130 valence electrons. The number of fused-ring (bicyclic) bond motifs is 1. The van der Waals surface area contributed by atoms with Crippen molar-refractivity contribution in [1.29, 1.82) is 0 Å². The maximum Gasteiger partial charge on any atom is 0.239 e. The molecule has 0 aliphatic heterocycles. The largest absolute Gasteiger partial charge is 0.494 e. The summed E-state index contributed by atoms with van der Waals surface area (Å²) < 4.78 is 5.43. The van der Waals surface area contributed by atoms with Crippen LogP contribution in [0.15, 0.2) is 40.9 Å². The van der Waals surface area contributed by atoms with E-state index in [1.807, 2.05) is 43.5 Å². The van der Waals surface area contributed by atoms with Gasteiger partial charge in [-0.2, -0.15) is 0 Å². The third kappa shape index (κ3) is 3.93. The third-order valence-corrected chi connectivity index (χ3v) is 5.77. The maximum absolute atomic E-state index is 12.5. The van der Waals surface area contributed by atoms with Crippen LogP contribution in [0.1, 0.15) is 18.9 Å². The van der Waals surface area contributed by atoms with E-state index >= 15 is 0 Å². The van der Waals surface area contributed by atoms with Gasteiger partial charge in [0.15, 0.2) is 5.13 Å². The molecule has 1 N–H and O–H groups in total. The van der Waals surface area contributed by atoms with E-state index in [0.29, 0.717) is 11.6 Å². The number of carbonyl (C=O) groups excluding carboxylic acids is 1. The van der Waals surface area contributed by atoms with Crippen molar-refractivity contribution in [3.63, 3.8) is 0 Å². The Morgan fingerprint density at radius 1 is 1.44 bits per heavy atom. The van der Waals surface area contributed by atoms with Crippen LogP contribution in [0.3, 0.4) is 0 Å². The quantitative estimate of drug-likeness (QED) is 0.644. The van der Waals surface area contributed by atoms with Gasteiger partial charge in [-0.1, -0.05) is 30.8 Å². The Kier molecular flexibility index (Phi) is 5.55. The molecule has 25 heavy (non-hydrogen) atoms. The lowest BCUT2D eigenvalue weighted by atomic mass is 10.1. The number of methoxy groups -OCH3 is 1. The SMILES string of the molecule is CC[C@@H](Sc1cc(C)c2cccc(OC)c2n1)C(=O)Nc1nccs1. The lowest BCUT2D eigenvalue weighted by molar-refractivity contribution is -0.115. The Labute approximate surface area is 154 Å². The molecule has 2 aromatic heterocycles. The monoisotopic (exact) mass is 373 g/mol. The lowest BCUT2D eigenvalue weighted by Gasteiger charge is -2.15. The maximum atomic E-state index is 12.5. The van der Waals surface area contributed by atoms with Crippen molar-refractivity contribution < 1.29 is 9.53 Å². The summed E-state index contributed by atoms with van der Waals surface area (Å²) in [7, 11) is 1.64. The normalized spacial score (nSPS) is 12.1. The summed E-state index contributed by atoms with van der Waals surface area (Å²) >= 11 is 2.88. The number of hydrogen-bond donors (Lipinski definition) is 1. The molecule has 0 aliphatic carbocycles. The number of aryl methyl sites for hydroxylation is 1. The van der Waals surface area contributed by atoms with E-state index in [-0.39, 0.29) is 11.2 Å². The molecule has 1 aromatic carbocycles. The van der Waals surface area contributed by atoms with Crippen molar-refractivity contribution in [3.8, 4) is 5.75 Å². The van der Waals surface area contributed by atoms with Gasteiger partial charge < -0.3 is 10.1 Å². The van der Waals surface area contributed by atoms with Crippen LogP contribution in [-0.4, -0.2) is 28.2 Å². The number of nitrogens with zero attached hydrogens (tertiary/aromatic N) is 2. The molecular weight excluding hydrogens is 354 g/mol. The van der Waals surface area contributed by atoms with E-state index in [4.69, 9.17) is 9.72 Å². The number of thioether (sulfide) groups is 1. The molecule has 0 unspecified atom stereocenters. The highest BCUT2D eigenvalue weighted by Crippen LogP contribution is 2.32. The number of ether oxygens (including phenoxy) is 1. The fourth-order valence-corrected chi connectivity index (χ4v) is 4.07. The molecule has 1 amide bonds. The highest BCUT2D eigenvalue weighted by Gasteiger charge is 2.20. The van der Waals surface area contributed by atoms with Crippen molar-refractivity contribution >= 4 is 45.0 Å². The molecule has 3 aromatic rings. The van der Waals surface area contributed by atoms with Gasteiger partial charge in [-0.15, -0.1) is 11.3 Å². The first-order valence-corrected chi connectivity index (χ1v) is 9.69. The molecule has 0 aliphatic rings. The molecular formula is C18H19N3O2S2. The van der Waals surface area contributed by atoms with E-state index in [1.165, 1.54) is 23.1 Å². The Balaban J connectivity index is 1.86. The zero-order valence-corrected chi connectivity index (χ0v) is 15.9. The van der Waals surface area contributed by atoms with Gasteiger partial charge in [0, 0.05) is 17.0 Å². The fourth-order valence-electron chi connectivity index (χ4n) is 2.53. The molecule has 5 nitrogen and oxygen atoms in total. The number of amides is 1. The molecule has 0 bridgehead atoms. The number of carbonyl (C=O) groups is 1. The van der Waals surface area contributed by atoms with Gasteiger partial charge in [0.2, 0.25) is 5.91 Å². The molecule has 0 radical (unpaired) electrons. The highest BCUT2D eigenvalue weighted by molar-refractivity contribution is 8.00. The van der Waals surface area contributed by atoms with Crippen LogP contribution >= 0.6 is 23.1 Å². The van der Waals surface area contributed by atoms with Crippen LogP contribution in [-0.2, 0) is 4.79 Å². The average molecular weight is 374 g/mol. The van der Waals surface area contributed by atoms with E-state index in [9.17, 15) is 4.79 Å². The average Bonchev–Trinajstić information content (AvgIpc) is 3.12. The van der Waals surface area contributed by atoms with Crippen molar-refractivity contribution in [2.24, 2.45) is 0 Å². The number of benzene rings is 1. The standard InChI is InChI=1S/C18H19N3O2S2/c1-4-14(17(22)21-18-19-8-9-24-18)25-15-10-11(2)12-6-5-7-13(23-3)16(12)20-15/h5-10,14H,4H2,1-3H3,(H,19,21,22)/t14-/m1/s1. The van der Waals surface area contributed by atoms with Crippen molar-refractivity contribution in [1.82, 2.24) is 9.97 Å². The number of nitrogens with one attached hydrogen (secondary N) is 1. The topological polar surface area (TPSA) is 64.1 Å². The van der Waals surface area contributed by atoms with Crippen LogP contribution in [0.2, 0.25) is 0 Å². The molecule has 2 heterocycles. The van der Waals surface area contributed by atoms with E-state index in [1.54, 1.807) is 13.3 Å². The molecule has 3 rings (SSSR count). The number of thiazole rings is 1. The Morgan fingerprint density at radius 2 is 2.28 bits per heavy atom. The van der Waals surface area contributed by atoms with E-state index in [2.05, 4.69) is 10.3 Å². The predicted molar refractivity (Wildman–Crippen MR) is 104 cm³/mol. The smallest absolute Gasteiger partial charge is 0.239 e.